The van der Waals surface area contributed by atoms with Crippen molar-refractivity contribution in [1.29, 1.82) is 0 Å². The lowest BCUT2D eigenvalue weighted by Crippen LogP contribution is -1.93. The number of aromatic nitrogens is 8. The second-order valence-electron chi connectivity index (χ2n) is 24.7. The van der Waals surface area contributed by atoms with E-state index in [1.807, 2.05) is 155 Å². The SMILES string of the molecule is Cc1cc(-c2ccccc2)c2ccccc2n1.Cc1cc(-c2ccccc2)nc2ccccc12.Cc1nc(-c2ccc(-c3cccc4ccccc34)cc2)c2ccccc2n1.Cc1nc(-c2ccc(-c3ccccc3)cc2)c2ccccc2n1.Cc1nc(-c2ccccc2)nc2ccccc12. The van der Waals surface area contributed by atoms with Crippen LogP contribution in [-0.2, 0) is 0 Å². The Morgan fingerprint density at radius 3 is 1.14 bits per heavy atom. The predicted octanol–water partition coefficient (Wildman–Crippen LogP) is 23.7. The van der Waals surface area contributed by atoms with Gasteiger partial charge in [0, 0.05) is 60.6 Å². The predicted molar refractivity (Wildman–Crippen MR) is 421 cm³/mol. The molecule has 0 aliphatic rings. The van der Waals surface area contributed by atoms with Crippen molar-refractivity contribution in [2.75, 3.05) is 0 Å². The molecule has 0 amide bonds. The first kappa shape index (κ1) is 65.3. The molecule has 0 aliphatic carbocycles. The molecule has 18 rings (SSSR count). The van der Waals surface area contributed by atoms with Gasteiger partial charge in [-0.1, -0.05) is 303 Å². The highest BCUT2D eigenvalue weighted by Gasteiger charge is 2.13. The average molecular weight is 1300 g/mol. The van der Waals surface area contributed by atoms with Crippen LogP contribution < -0.4 is 0 Å². The van der Waals surface area contributed by atoms with E-state index >= 15 is 0 Å². The van der Waals surface area contributed by atoms with Gasteiger partial charge in [-0.15, -0.1) is 0 Å². The van der Waals surface area contributed by atoms with Gasteiger partial charge in [0.1, 0.15) is 11.6 Å². The summed E-state index contributed by atoms with van der Waals surface area (Å²) in [5.74, 6) is 2.38. The summed E-state index contributed by atoms with van der Waals surface area (Å²) in [5.41, 5.74) is 23.3. The number of nitrogens with zero attached hydrogens (tertiary/aromatic N) is 8. The first-order valence-corrected chi connectivity index (χ1v) is 34.0. The van der Waals surface area contributed by atoms with Crippen molar-refractivity contribution in [2.45, 2.75) is 34.6 Å². The summed E-state index contributed by atoms with van der Waals surface area (Å²) in [6, 6.07) is 119. The van der Waals surface area contributed by atoms with Crippen LogP contribution in [0.1, 0.15) is 28.6 Å². The zero-order valence-corrected chi connectivity index (χ0v) is 57.0. The molecule has 0 radical (unpaired) electrons. The Labute approximate surface area is 589 Å². The van der Waals surface area contributed by atoms with Gasteiger partial charge in [-0.25, -0.2) is 34.9 Å². The molecule has 101 heavy (non-hydrogen) atoms. The summed E-state index contributed by atoms with van der Waals surface area (Å²) >= 11 is 0. The van der Waals surface area contributed by atoms with E-state index < -0.39 is 0 Å². The van der Waals surface area contributed by atoms with Crippen molar-refractivity contribution in [2.24, 2.45) is 0 Å². The summed E-state index contributed by atoms with van der Waals surface area (Å²) < 4.78 is 0. The number of benzene rings is 13. The van der Waals surface area contributed by atoms with Crippen LogP contribution in [0.3, 0.4) is 0 Å². The average Bonchev–Trinajstić information content (AvgIpc) is 0.820. The van der Waals surface area contributed by atoms with Crippen molar-refractivity contribution >= 4 is 65.3 Å². The minimum atomic E-state index is 0.793. The summed E-state index contributed by atoms with van der Waals surface area (Å²) in [7, 11) is 0. The van der Waals surface area contributed by atoms with Gasteiger partial charge in [-0.2, -0.15) is 0 Å². The molecule has 13 aromatic carbocycles. The molecule has 18 aromatic rings. The Balaban J connectivity index is 0.000000109. The van der Waals surface area contributed by atoms with Crippen LogP contribution >= 0.6 is 0 Å². The molecule has 0 atom stereocenters. The fraction of sp³-hybridized carbons (Fsp3) is 0.0538. The van der Waals surface area contributed by atoms with Gasteiger partial charge in [0.15, 0.2) is 5.82 Å². The monoisotopic (exact) mass is 1300 g/mol. The second-order valence-corrected chi connectivity index (χ2v) is 24.7. The smallest absolute Gasteiger partial charge is 0.160 e. The van der Waals surface area contributed by atoms with E-state index in [1.165, 1.54) is 66.1 Å². The van der Waals surface area contributed by atoms with Crippen molar-refractivity contribution in [3.05, 3.63) is 374 Å². The van der Waals surface area contributed by atoms with Gasteiger partial charge in [0.2, 0.25) is 0 Å². The van der Waals surface area contributed by atoms with E-state index in [0.717, 1.165) is 106 Å². The zero-order chi connectivity index (χ0) is 68.9. The van der Waals surface area contributed by atoms with Crippen molar-refractivity contribution in [1.82, 2.24) is 39.9 Å². The van der Waals surface area contributed by atoms with E-state index in [1.54, 1.807) is 0 Å². The first-order valence-electron chi connectivity index (χ1n) is 34.0. The lowest BCUT2D eigenvalue weighted by Gasteiger charge is -2.10. The highest BCUT2D eigenvalue weighted by molar-refractivity contribution is 5.99. The normalized spacial score (nSPS) is 10.8. The van der Waals surface area contributed by atoms with Gasteiger partial charge in [-0.05, 0) is 127 Å². The third-order valence-electron chi connectivity index (χ3n) is 17.7. The van der Waals surface area contributed by atoms with E-state index in [9.17, 15) is 0 Å². The number of rotatable bonds is 7. The Hall–Kier alpha value is -13.0. The summed E-state index contributed by atoms with van der Waals surface area (Å²) in [5, 5.41) is 8.27. The minimum absolute atomic E-state index is 0.793. The molecule has 0 saturated carbocycles. The number of fused-ring (bicyclic) bond motifs is 6. The zero-order valence-electron chi connectivity index (χ0n) is 57.0. The van der Waals surface area contributed by atoms with Crippen LogP contribution in [0.2, 0.25) is 0 Å². The van der Waals surface area contributed by atoms with Crippen LogP contribution in [-0.4, -0.2) is 39.9 Å². The van der Waals surface area contributed by atoms with Gasteiger partial charge >= 0.3 is 0 Å². The Bertz CT molecular complexity index is 5740. The van der Waals surface area contributed by atoms with Crippen molar-refractivity contribution in [3.8, 4) is 78.5 Å². The molecule has 8 nitrogen and oxygen atoms in total. The first-order chi connectivity index (χ1) is 49.6. The Morgan fingerprint density at radius 1 is 0.208 bits per heavy atom. The van der Waals surface area contributed by atoms with Gasteiger partial charge < -0.3 is 0 Å². The minimum Gasteiger partial charge on any atom is -0.253 e. The van der Waals surface area contributed by atoms with Gasteiger partial charge in [0.25, 0.3) is 0 Å². The van der Waals surface area contributed by atoms with Gasteiger partial charge in [-0.3, -0.25) is 4.98 Å². The summed E-state index contributed by atoms with van der Waals surface area (Å²) in [6.45, 7) is 10.1. The molecule has 0 N–H and O–H groups in total. The molecular weight excluding hydrogens is 1230 g/mol. The standard InChI is InChI=1S/C25H18N2.C21H16N2.2C16H13N.C15H12N2/c1-17-26-24-12-5-4-10-23(24)25(27-17)20-15-13-19(14-16-20)22-11-6-8-18-7-2-3-9-21(18)22;1-15-22-20-10-6-5-9-19(20)21(23-15)18-13-11-17(12-14-18)16-7-3-2-4-8-16;1-12-11-15(13-7-3-2-4-8-13)14-9-5-6-10-16(14)17-12;1-12-11-16(13-7-3-2-4-8-13)17-15-10-6-5-9-14(12)15;1-11-13-9-5-6-10-14(13)17-15(16-11)12-7-3-2-4-8-12/h2-16H,1H3;2-14H,1H3;2*2-11H,1H3;2-10H,1H3. The lowest BCUT2D eigenvalue weighted by molar-refractivity contribution is 1.10. The molecular formula is C93H72N8. The fourth-order valence-corrected chi connectivity index (χ4v) is 12.8. The van der Waals surface area contributed by atoms with Crippen LogP contribution in [0.15, 0.2) is 346 Å². The Morgan fingerprint density at radius 2 is 0.584 bits per heavy atom. The fourth-order valence-electron chi connectivity index (χ4n) is 12.8. The van der Waals surface area contributed by atoms with E-state index in [2.05, 4.69) is 255 Å². The number of aryl methyl sites for hydroxylation is 5. The van der Waals surface area contributed by atoms with Crippen LogP contribution in [0, 0.1) is 34.6 Å². The quantitative estimate of drug-likeness (QED) is 0.155. The molecule has 0 aliphatic heterocycles. The van der Waals surface area contributed by atoms with Crippen molar-refractivity contribution in [3.63, 3.8) is 0 Å². The molecule has 0 spiro atoms. The van der Waals surface area contributed by atoms with Crippen molar-refractivity contribution < 1.29 is 0 Å². The van der Waals surface area contributed by atoms with Crippen LogP contribution in [0.5, 0.6) is 0 Å². The van der Waals surface area contributed by atoms with Gasteiger partial charge in [0.05, 0.1) is 44.7 Å². The number of pyridine rings is 2. The van der Waals surface area contributed by atoms with Crippen LogP contribution in [0.25, 0.3) is 144 Å². The second kappa shape index (κ2) is 30.6. The third kappa shape index (κ3) is 15.2. The Kier molecular flexibility index (Phi) is 19.8. The summed E-state index contributed by atoms with van der Waals surface area (Å²) in [4.78, 5) is 36.9. The maximum absolute atomic E-state index is 4.71. The highest BCUT2D eigenvalue weighted by atomic mass is 14.9. The highest BCUT2D eigenvalue weighted by Crippen LogP contribution is 2.34. The molecule has 0 fully saturated rings. The molecule has 5 aromatic heterocycles. The summed E-state index contributed by atoms with van der Waals surface area (Å²) in [6.07, 6.45) is 0. The molecule has 0 bridgehead atoms. The number of para-hydroxylation sites is 5. The van der Waals surface area contributed by atoms with E-state index in [-0.39, 0.29) is 0 Å². The maximum Gasteiger partial charge on any atom is 0.160 e. The lowest BCUT2D eigenvalue weighted by atomic mass is 9.96. The number of hydrogen-bond donors (Lipinski definition) is 0. The molecule has 0 saturated heterocycles. The maximum atomic E-state index is 4.71. The molecule has 484 valence electrons. The van der Waals surface area contributed by atoms with Crippen LogP contribution in [0.4, 0.5) is 0 Å². The molecule has 0 unspecified atom stereocenters. The van der Waals surface area contributed by atoms with E-state index in [4.69, 9.17) is 9.97 Å². The number of hydrogen-bond acceptors (Lipinski definition) is 8. The topological polar surface area (TPSA) is 103 Å². The largest absolute Gasteiger partial charge is 0.253 e. The third-order valence-corrected chi connectivity index (χ3v) is 17.7. The molecule has 5 heterocycles. The molecule has 8 heteroatoms. The van der Waals surface area contributed by atoms with E-state index in [0.29, 0.717) is 0 Å².